The maximum absolute atomic E-state index is 12.8. The number of hydrogen-bond acceptors (Lipinski definition) is 4. The summed E-state index contributed by atoms with van der Waals surface area (Å²) < 4.78 is 54.4. The number of nitrogens with one attached hydrogen (secondary N) is 1. The summed E-state index contributed by atoms with van der Waals surface area (Å²) in [6.07, 6.45) is -2.65. The number of nitrogens with zero attached hydrogens (tertiary/aromatic N) is 1. The third kappa shape index (κ3) is 7.68. The third-order valence-corrected chi connectivity index (χ3v) is 3.87. The van der Waals surface area contributed by atoms with Crippen molar-refractivity contribution in [2.75, 3.05) is 11.9 Å². The second-order valence-corrected chi connectivity index (χ2v) is 5.95. The Labute approximate surface area is 177 Å². The van der Waals surface area contributed by atoms with Gasteiger partial charge in [-0.2, -0.15) is 8.78 Å². The fourth-order valence-electron chi connectivity index (χ4n) is 2.16. The molecule has 0 spiro atoms. The van der Waals surface area contributed by atoms with Crippen LogP contribution in [0.5, 0.6) is 5.88 Å². The molecule has 0 saturated carbocycles. The number of benzene rings is 1. The van der Waals surface area contributed by atoms with Gasteiger partial charge in [-0.3, -0.25) is 4.79 Å². The van der Waals surface area contributed by atoms with Gasteiger partial charge in [-0.05, 0) is 11.6 Å². The van der Waals surface area contributed by atoms with Crippen molar-refractivity contribution in [3.63, 3.8) is 0 Å². The lowest BCUT2D eigenvalue weighted by atomic mass is 9.94. The summed E-state index contributed by atoms with van der Waals surface area (Å²) in [6.45, 7) is 0.177. The highest BCUT2D eigenvalue weighted by Gasteiger charge is 2.41. The minimum absolute atomic E-state index is 0. The van der Waals surface area contributed by atoms with E-state index in [0.717, 1.165) is 5.56 Å². The van der Waals surface area contributed by atoms with E-state index in [2.05, 4.69) is 15.0 Å². The Morgan fingerprint density at radius 1 is 1.17 bits per heavy atom. The topological polar surface area (TPSA) is 77.2 Å². The number of halogens is 6. The summed E-state index contributed by atoms with van der Waals surface area (Å²) in [5, 5.41) is 2.61. The fourth-order valence-corrected chi connectivity index (χ4v) is 2.16. The number of carbonyl (C=O) groups is 1. The predicted octanol–water partition coefficient (Wildman–Crippen LogP) is 4.48. The molecule has 1 aromatic carbocycles. The molecule has 0 aliphatic heterocycles. The molecule has 1 heterocycles. The molecule has 11 heteroatoms. The summed E-state index contributed by atoms with van der Waals surface area (Å²) >= 11 is 0. The van der Waals surface area contributed by atoms with E-state index >= 15 is 0 Å². The van der Waals surface area contributed by atoms with Gasteiger partial charge in [0.25, 0.3) is 0 Å². The van der Waals surface area contributed by atoms with Crippen LogP contribution in [0.3, 0.4) is 0 Å². The largest absolute Gasteiger partial charge is 0.471 e. The van der Waals surface area contributed by atoms with Crippen LogP contribution >= 0.6 is 24.8 Å². The predicted molar refractivity (Wildman–Crippen MR) is 106 cm³/mol. The molecule has 0 saturated heterocycles. The molecule has 2 aromatic rings. The number of carbonyl (C=O) groups excluding carboxylic acids is 1. The molecule has 0 bridgehead atoms. The molecule has 0 radical (unpaired) electrons. The number of alkyl halides is 4. The number of nitrogens with two attached hydrogens (primary N) is 1. The van der Waals surface area contributed by atoms with Gasteiger partial charge in [-0.25, -0.2) is 13.8 Å². The molecule has 0 aliphatic carbocycles. The number of amides is 1. The van der Waals surface area contributed by atoms with Gasteiger partial charge in [-0.1, -0.05) is 37.3 Å². The van der Waals surface area contributed by atoms with Crippen molar-refractivity contribution < 1.29 is 27.1 Å². The SMILES string of the molecule is CC(C(=O)Nc1ccc(OCC(F)(F)C(F)F)nc1)C(N)c1ccccc1.Cl.Cl. The van der Waals surface area contributed by atoms with Gasteiger partial charge < -0.3 is 15.8 Å². The van der Waals surface area contributed by atoms with Gasteiger partial charge in [0, 0.05) is 12.1 Å². The van der Waals surface area contributed by atoms with E-state index in [1.54, 1.807) is 6.92 Å². The van der Waals surface area contributed by atoms with Crippen LogP contribution in [0.2, 0.25) is 0 Å². The average Bonchev–Trinajstić information content (AvgIpc) is 2.66. The van der Waals surface area contributed by atoms with Crippen molar-refractivity contribution in [2.45, 2.75) is 25.3 Å². The molecule has 3 N–H and O–H groups in total. The van der Waals surface area contributed by atoms with E-state index < -0.39 is 30.9 Å². The van der Waals surface area contributed by atoms with Crippen LogP contribution in [0.15, 0.2) is 48.7 Å². The minimum atomic E-state index is -4.27. The molecular formula is C18H21Cl2F4N3O2. The number of aromatic nitrogens is 1. The minimum Gasteiger partial charge on any atom is -0.471 e. The van der Waals surface area contributed by atoms with Crippen LogP contribution in [0.25, 0.3) is 0 Å². The quantitative estimate of drug-likeness (QED) is 0.572. The molecule has 1 aromatic heterocycles. The Balaban J connectivity index is 0.00000392. The van der Waals surface area contributed by atoms with Gasteiger partial charge in [0.05, 0.1) is 17.8 Å². The highest BCUT2D eigenvalue weighted by Crippen LogP contribution is 2.24. The summed E-state index contributed by atoms with van der Waals surface area (Å²) in [5.41, 5.74) is 7.19. The molecule has 0 aliphatic rings. The maximum atomic E-state index is 12.8. The number of hydrogen-bond donors (Lipinski definition) is 2. The van der Waals surface area contributed by atoms with Crippen molar-refractivity contribution in [1.29, 1.82) is 0 Å². The molecule has 1 amide bonds. The van der Waals surface area contributed by atoms with Crippen LogP contribution in [0.4, 0.5) is 23.2 Å². The van der Waals surface area contributed by atoms with Crippen LogP contribution in [0, 0.1) is 5.92 Å². The van der Waals surface area contributed by atoms with Crippen molar-refractivity contribution in [3.05, 3.63) is 54.2 Å². The third-order valence-electron chi connectivity index (χ3n) is 3.87. The zero-order valence-corrected chi connectivity index (χ0v) is 16.9. The molecule has 5 nitrogen and oxygen atoms in total. The summed E-state index contributed by atoms with van der Waals surface area (Å²) in [6, 6.07) is 11.2. The first kappa shape index (κ1) is 26.9. The van der Waals surface area contributed by atoms with Crippen molar-refractivity contribution in [2.24, 2.45) is 11.7 Å². The van der Waals surface area contributed by atoms with Gasteiger partial charge >= 0.3 is 12.3 Å². The normalized spacial score (nSPS) is 12.9. The number of ether oxygens (including phenoxy) is 1. The van der Waals surface area contributed by atoms with E-state index in [4.69, 9.17) is 5.73 Å². The fraction of sp³-hybridized carbons (Fsp3) is 0.333. The van der Waals surface area contributed by atoms with E-state index in [-0.39, 0.29) is 36.6 Å². The number of rotatable bonds is 8. The van der Waals surface area contributed by atoms with E-state index in [0.29, 0.717) is 5.69 Å². The van der Waals surface area contributed by atoms with E-state index in [1.807, 2.05) is 30.3 Å². The summed E-state index contributed by atoms with van der Waals surface area (Å²) in [4.78, 5) is 16.0. The van der Waals surface area contributed by atoms with E-state index in [9.17, 15) is 22.4 Å². The molecule has 162 valence electrons. The standard InChI is InChI=1S/C18H19F4N3O2.2ClH/c1-11(15(23)12-5-3-2-4-6-12)16(26)25-13-7-8-14(24-9-13)27-10-18(21,22)17(19)20;;/h2-9,11,15,17H,10,23H2,1H3,(H,25,26);2*1H. The van der Waals surface area contributed by atoms with Crippen molar-refractivity contribution >= 4 is 36.4 Å². The van der Waals surface area contributed by atoms with Crippen LogP contribution in [0.1, 0.15) is 18.5 Å². The molecule has 2 unspecified atom stereocenters. The van der Waals surface area contributed by atoms with Crippen LogP contribution in [-0.4, -0.2) is 29.8 Å². The van der Waals surface area contributed by atoms with Crippen molar-refractivity contribution in [1.82, 2.24) is 4.98 Å². The molecule has 0 fully saturated rings. The molecule has 29 heavy (non-hydrogen) atoms. The number of anilines is 1. The Bertz CT molecular complexity index is 753. The molecule has 2 rings (SSSR count). The number of pyridine rings is 1. The Morgan fingerprint density at radius 3 is 2.31 bits per heavy atom. The van der Waals surface area contributed by atoms with Gasteiger partial charge in [0.2, 0.25) is 11.8 Å². The van der Waals surface area contributed by atoms with Crippen LogP contribution < -0.4 is 15.8 Å². The first-order chi connectivity index (χ1) is 12.7. The van der Waals surface area contributed by atoms with Gasteiger partial charge in [-0.15, -0.1) is 24.8 Å². The monoisotopic (exact) mass is 457 g/mol. The summed E-state index contributed by atoms with van der Waals surface area (Å²) in [5.74, 6) is -5.43. The molecule has 2 atom stereocenters. The first-order valence-electron chi connectivity index (χ1n) is 8.07. The average molecular weight is 458 g/mol. The molecular weight excluding hydrogens is 437 g/mol. The van der Waals surface area contributed by atoms with Gasteiger partial charge in [0.1, 0.15) is 0 Å². The second-order valence-electron chi connectivity index (χ2n) is 5.95. The lowest BCUT2D eigenvalue weighted by molar-refractivity contribution is -0.148. The Kier molecular flexibility index (Phi) is 10.9. The lowest BCUT2D eigenvalue weighted by Crippen LogP contribution is -2.33. The Morgan fingerprint density at radius 2 is 1.79 bits per heavy atom. The Hall–Kier alpha value is -2.10. The highest BCUT2D eigenvalue weighted by molar-refractivity contribution is 5.92. The highest BCUT2D eigenvalue weighted by atomic mass is 35.5. The smallest absolute Gasteiger partial charge is 0.340 e. The van der Waals surface area contributed by atoms with E-state index in [1.165, 1.54) is 18.3 Å². The maximum Gasteiger partial charge on any atom is 0.340 e. The first-order valence-corrected chi connectivity index (χ1v) is 8.07. The summed E-state index contributed by atoms with van der Waals surface area (Å²) in [7, 11) is 0. The van der Waals surface area contributed by atoms with Gasteiger partial charge in [0.15, 0.2) is 6.61 Å². The van der Waals surface area contributed by atoms with Crippen molar-refractivity contribution in [3.8, 4) is 5.88 Å². The lowest BCUT2D eigenvalue weighted by Gasteiger charge is -2.20. The zero-order valence-electron chi connectivity index (χ0n) is 15.2. The second kappa shape index (κ2) is 11.8. The van der Waals surface area contributed by atoms with Crippen LogP contribution in [-0.2, 0) is 4.79 Å². The zero-order chi connectivity index (χ0) is 20.0.